The van der Waals surface area contributed by atoms with E-state index in [0.29, 0.717) is 15.1 Å². The van der Waals surface area contributed by atoms with Gasteiger partial charge in [0.05, 0.1) is 22.5 Å². The van der Waals surface area contributed by atoms with E-state index in [-0.39, 0.29) is 11.3 Å². The maximum Gasteiger partial charge on any atom is 0.270 e. The van der Waals surface area contributed by atoms with E-state index in [9.17, 15) is 9.59 Å². The SMILES string of the molecule is CC(=O)[C@@H]1[C@H]2c3ccccc3O[C@@]1(C)N=c1s/c(=C/c3cn[nH]c3-c3ccccc3)c(=O)n12. The molecular weight excluding hydrogens is 436 g/mol. The molecule has 8 heteroatoms. The molecule has 4 heterocycles. The summed E-state index contributed by atoms with van der Waals surface area (Å²) in [4.78, 5) is 31.7. The molecule has 6 rings (SSSR count). The summed E-state index contributed by atoms with van der Waals surface area (Å²) in [6.07, 6.45) is 3.54. The fraction of sp³-hybridized carbons (Fsp3) is 0.200. The van der Waals surface area contributed by atoms with Crippen LogP contribution in [0.25, 0.3) is 17.3 Å². The monoisotopic (exact) mass is 456 g/mol. The number of hydrogen-bond acceptors (Lipinski definition) is 6. The first kappa shape index (κ1) is 19.9. The van der Waals surface area contributed by atoms with E-state index in [1.807, 2.05) is 67.6 Å². The Hall–Kier alpha value is -3.78. The van der Waals surface area contributed by atoms with Crippen molar-refractivity contribution in [3.63, 3.8) is 0 Å². The number of aromatic amines is 1. The molecule has 0 fully saturated rings. The smallest absolute Gasteiger partial charge is 0.270 e. The molecule has 0 saturated heterocycles. The number of carbonyl (C=O) groups is 1. The van der Waals surface area contributed by atoms with Gasteiger partial charge in [0.25, 0.3) is 5.56 Å². The van der Waals surface area contributed by atoms with Gasteiger partial charge in [-0.1, -0.05) is 59.9 Å². The molecule has 0 unspecified atom stereocenters. The molecule has 3 atom stereocenters. The highest BCUT2D eigenvalue weighted by Gasteiger charge is 2.53. The largest absolute Gasteiger partial charge is 0.465 e. The minimum absolute atomic E-state index is 0.0590. The van der Waals surface area contributed by atoms with Gasteiger partial charge in [0, 0.05) is 16.7 Å². The molecule has 2 aliphatic rings. The molecule has 2 bridgehead atoms. The average Bonchev–Trinajstić information content (AvgIpc) is 3.37. The van der Waals surface area contributed by atoms with Gasteiger partial charge >= 0.3 is 0 Å². The Morgan fingerprint density at radius 1 is 1.18 bits per heavy atom. The molecule has 0 aliphatic carbocycles. The Labute approximate surface area is 192 Å². The molecule has 0 saturated carbocycles. The van der Waals surface area contributed by atoms with E-state index in [1.165, 1.54) is 18.3 Å². The van der Waals surface area contributed by atoms with Crippen LogP contribution in [0.4, 0.5) is 0 Å². The lowest BCUT2D eigenvalue weighted by atomic mass is 9.79. The Bertz CT molecular complexity index is 1580. The normalized spacial score (nSPS) is 23.3. The first-order valence-corrected chi connectivity index (χ1v) is 11.5. The molecule has 7 nitrogen and oxygen atoms in total. The lowest BCUT2D eigenvalue weighted by molar-refractivity contribution is -0.132. The zero-order valence-corrected chi connectivity index (χ0v) is 18.8. The van der Waals surface area contributed by atoms with E-state index in [4.69, 9.17) is 9.73 Å². The van der Waals surface area contributed by atoms with Crippen LogP contribution in [0.1, 0.15) is 31.0 Å². The van der Waals surface area contributed by atoms with Crippen molar-refractivity contribution < 1.29 is 9.53 Å². The van der Waals surface area contributed by atoms with Gasteiger partial charge in [-0.2, -0.15) is 5.10 Å². The predicted octanol–water partition coefficient (Wildman–Crippen LogP) is 2.67. The average molecular weight is 457 g/mol. The van der Waals surface area contributed by atoms with E-state index >= 15 is 0 Å². The molecule has 1 N–H and O–H groups in total. The fourth-order valence-corrected chi connectivity index (χ4v) is 6.03. The number of hydrogen-bond donors (Lipinski definition) is 1. The van der Waals surface area contributed by atoms with Gasteiger partial charge in [-0.3, -0.25) is 19.3 Å². The van der Waals surface area contributed by atoms with Gasteiger partial charge in [0.1, 0.15) is 17.5 Å². The van der Waals surface area contributed by atoms with E-state index < -0.39 is 17.7 Å². The van der Waals surface area contributed by atoms with Crippen LogP contribution in [0.3, 0.4) is 0 Å². The molecule has 0 radical (unpaired) electrons. The second-order valence-corrected chi connectivity index (χ2v) is 9.48. The highest BCUT2D eigenvalue weighted by atomic mass is 32.1. The molecule has 164 valence electrons. The first-order chi connectivity index (χ1) is 16.0. The molecule has 0 spiro atoms. The van der Waals surface area contributed by atoms with Crippen LogP contribution in [-0.4, -0.2) is 26.3 Å². The number of para-hydroxylation sites is 1. The Balaban J connectivity index is 1.59. The van der Waals surface area contributed by atoms with Crippen LogP contribution in [0.15, 0.2) is 70.6 Å². The fourth-order valence-electron chi connectivity index (χ4n) is 4.94. The van der Waals surface area contributed by atoms with E-state index in [1.54, 1.807) is 10.8 Å². The lowest BCUT2D eigenvalue weighted by Gasteiger charge is -2.45. The number of carbonyl (C=O) groups excluding carboxylic acids is 1. The van der Waals surface area contributed by atoms with Crippen molar-refractivity contribution in [2.45, 2.75) is 25.6 Å². The van der Waals surface area contributed by atoms with Crippen molar-refractivity contribution in [1.82, 2.24) is 14.8 Å². The number of H-pyrrole nitrogens is 1. The van der Waals surface area contributed by atoms with Gasteiger partial charge < -0.3 is 4.74 Å². The Morgan fingerprint density at radius 3 is 2.73 bits per heavy atom. The third-order valence-electron chi connectivity index (χ3n) is 6.34. The van der Waals surface area contributed by atoms with Gasteiger partial charge in [-0.15, -0.1) is 0 Å². The molecule has 2 aliphatic heterocycles. The third-order valence-corrected chi connectivity index (χ3v) is 7.32. The molecular formula is C25H20N4O3S. The molecule has 4 aromatic rings. The highest BCUT2D eigenvalue weighted by molar-refractivity contribution is 7.07. The molecule has 0 amide bonds. The summed E-state index contributed by atoms with van der Waals surface area (Å²) in [7, 11) is 0. The van der Waals surface area contributed by atoms with Crippen molar-refractivity contribution in [1.29, 1.82) is 0 Å². The van der Waals surface area contributed by atoms with Crippen molar-refractivity contribution in [2.24, 2.45) is 10.9 Å². The summed E-state index contributed by atoms with van der Waals surface area (Å²) in [6, 6.07) is 16.9. The number of Topliss-reactive ketones (excluding diaryl/α,β-unsaturated/α-hetero) is 1. The number of nitrogens with one attached hydrogen (secondary N) is 1. The minimum atomic E-state index is -1.07. The van der Waals surface area contributed by atoms with E-state index in [0.717, 1.165) is 22.4 Å². The van der Waals surface area contributed by atoms with Crippen LogP contribution in [0.5, 0.6) is 5.75 Å². The van der Waals surface area contributed by atoms with Crippen LogP contribution in [0.2, 0.25) is 0 Å². The molecule has 2 aromatic carbocycles. The van der Waals surface area contributed by atoms with Crippen molar-refractivity contribution >= 4 is 23.2 Å². The molecule has 33 heavy (non-hydrogen) atoms. The first-order valence-electron chi connectivity index (χ1n) is 10.7. The van der Waals surface area contributed by atoms with Crippen LogP contribution < -0.4 is 19.6 Å². The number of nitrogens with zero attached hydrogens (tertiary/aromatic N) is 3. The zero-order valence-electron chi connectivity index (χ0n) is 18.0. The number of rotatable bonds is 3. The number of ether oxygens (including phenoxy) is 1. The molecule has 2 aromatic heterocycles. The zero-order chi connectivity index (χ0) is 22.7. The number of thiazole rings is 1. The summed E-state index contributed by atoms with van der Waals surface area (Å²) < 4.78 is 8.42. The summed E-state index contributed by atoms with van der Waals surface area (Å²) in [5, 5.41) is 7.21. The quantitative estimate of drug-likeness (QED) is 0.513. The van der Waals surface area contributed by atoms with Crippen molar-refractivity contribution in [3.8, 4) is 17.0 Å². The number of ketones is 1. The minimum Gasteiger partial charge on any atom is -0.465 e. The lowest BCUT2D eigenvalue weighted by Crippen LogP contribution is -2.58. The number of fused-ring (bicyclic) bond motifs is 6. The standard InChI is InChI=1S/C25H20N4O3S/c1-14(30)20-22-17-10-6-7-11-18(17)32-25(20,2)27-24-29(22)23(31)19(33-24)12-16-13-26-28-21(16)15-8-4-3-5-9-15/h3-13,20,22H,1-2H3,(H,26,28)/b19-12+/t20-,22-,25-/m1/s1. The summed E-state index contributed by atoms with van der Waals surface area (Å²) >= 11 is 1.30. The Kier molecular flexibility index (Phi) is 4.28. The predicted molar refractivity (Wildman–Crippen MR) is 125 cm³/mol. The van der Waals surface area contributed by atoms with Crippen molar-refractivity contribution in [3.05, 3.63) is 91.6 Å². The summed E-state index contributed by atoms with van der Waals surface area (Å²) in [6.45, 7) is 3.36. The van der Waals surface area contributed by atoms with Gasteiger partial charge in [-0.25, -0.2) is 4.99 Å². The Morgan fingerprint density at radius 2 is 1.94 bits per heavy atom. The second-order valence-electron chi connectivity index (χ2n) is 8.47. The second kappa shape index (κ2) is 7.11. The van der Waals surface area contributed by atoms with E-state index in [2.05, 4.69) is 10.2 Å². The van der Waals surface area contributed by atoms with Crippen LogP contribution in [-0.2, 0) is 4.79 Å². The third kappa shape index (κ3) is 2.94. The number of aromatic nitrogens is 3. The van der Waals surface area contributed by atoms with Gasteiger partial charge in [0.15, 0.2) is 4.80 Å². The number of benzene rings is 2. The summed E-state index contributed by atoms with van der Waals surface area (Å²) in [5.41, 5.74) is 2.22. The van der Waals surface area contributed by atoms with Crippen molar-refractivity contribution in [2.75, 3.05) is 0 Å². The maximum atomic E-state index is 13.7. The van der Waals surface area contributed by atoms with Gasteiger partial charge in [0.2, 0.25) is 5.72 Å². The van der Waals surface area contributed by atoms with Gasteiger partial charge in [-0.05, 0) is 26.0 Å². The highest BCUT2D eigenvalue weighted by Crippen LogP contribution is 2.47. The topological polar surface area (TPSA) is 89.3 Å². The van der Waals surface area contributed by atoms with Crippen LogP contribution >= 0.6 is 11.3 Å². The summed E-state index contributed by atoms with van der Waals surface area (Å²) in [5.74, 6) is 0.00631. The maximum absolute atomic E-state index is 13.7. The van der Waals surface area contributed by atoms with Crippen LogP contribution in [0, 0.1) is 5.92 Å².